The standard InChI is InChI=1S/C12H8BrN7/c13-7-2-1-6(4-14)8(3-7)18-11-9-10(17-5-16-9)19-12(15)20-11/h1-3,5H,(H4,15,16,17,18,19,20). The van der Waals surface area contributed by atoms with Crippen molar-refractivity contribution in [2.45, 2.75) is 0 Å². The van der Waals surface area contributed by atoms with Crippen LogP contribution in [-0.4, -0.2) is 19.9 Å². The van der Waals surface area contributed by atoms with E-state index in [9.17, 15) is 0 Å². The maximum absolute atomic E-state index is 9.13. The van der Waals surface area contributed by atoms with E-state index in [1.54, 1.807) is 18.2 Å². The van der Waals surface area contributed by atoms with Crippen LogP contribution in [0.15, 0.2) is 29.0 Å². The molecule has 0 unspecified atom stereocenters. The van der Waals surface area contributed by atoms with Crippen LogP contribution in [0, 0.1) is 11.3 Å². The highest BCUT2D eigenvalue weighted by Crippen LogP contribution is 2.26. The normalized spacial score (nSPS) is 10.4. The van der Waals surface area contributed by atoms with Crippen molar-refractivity contribution in [2.24, 2.45) is 0 Å². The first-order valence-electron chi connectivity index (χ1n) is 5.60. The summed E-state index contributed by atoms with van der Waals surface area (Å²) in [6.45, 7) is 0. The number of nitrogens with two attached hydrogens (primary N) is 1. The van der Waals surface area contributed by atoms with E-state index in [0.717, 1.165) is 4.47 Å². The lowest BCUT2D eigenvalue weighted by atomic mass is 10.2. The lowest BCUT2D eigenvalue weighted by molar-refractivity contribution is 1.21. The van der Waals surface area contributed by atoms with Crippen LogP contribution in [0.4, 0.5) is 17.5 Å². The molecule has 8 heteroatoms. The number of hydrogen-bond acceptors (Lipinski definition) is 6. The van der Waals surface area contributed by atoms with E-state index < -0.39 is 0 Å². The lowest BCUT2D eigenvalue weighted by Gasteiger charge is -2.09. The van der Waals surface area contributed by atoms with Crippen LogP contribution in [0.25, 0.3) is 11.2 Å². The Labute approximate surface area is 122 Å². The van der Waals surface area contributed by atoms with Crippen molar-refractivity contribution in [3.63, 3.8) is 0 Å². The van der Waals surface area contributed by atoms with E-state index >= 15 is 0 Å². The summed E-state index contributed by atoms with van der Waals surface area (Å²) in [6.07, 6.45) is 1.51. The van der Waals surface area contributed by atoms with Gasteiger partial charge in [0.1, 0.15) is 11.6 Å². The van der Waals surface area contributed by atoms with E-state index in [0.29, 0.717) is 28.2 Å². The number of anilines is 3. The molecular weight excluding hydrogens is 322 g/mol. The van der Waals surface area contributed by atoms with Gasteiger partial charge in [0.15, 0.2) is 11.5 Å². The molecule has 2 aromatic heterocycles. The van der Waals surface area contributed by atoms with Crippen molar-refractivity contribution in [1.29, 1.82) is 5.26 Å². The Hall–Kier alpha value is -2.66. The molecule has 0 radical (unpaired) electrons. The van der Waals surface area contributed by atoms with Gasteiger partial charge < -0.3 is 16.0 Å². The molecule has 0 saturated carbocycles. The molecule has 0 bridgehead atoms. The highest BCUT2D eigenvalue weighted by atomic mass is 79.9. The number of rotatable bonds is 2. The zero-order valence-electron chi connectivity index (χ0n) is 10.1. The highest BCUT2D eigenvalue weighted by Gasteiger charge is 2.11. The summed E-state index contributed by atoms with van der Waals surface area (Å²) >= 11 is 3.37. The molecule has 0 aliphatic heterocycles. The van der Waals surface area contributed by atoms with Crippen molar-refractivity contribution >= 4 is 44.5 Å². The van der Waals surface area contributed by atoms with Gasteiger partial charge in [0.25, 0.3) is 0 Å². The van der Waals surface area contributed by atoms with Crippen LogP contribution in [0.3, 0.4) is 0 Å². The number of fused-ring (bicyclic) bond motifs is 1. The smallest absolute Gasteiger partial charge is 0.224 e. The van der Waals surface area contributed by atoms with Gasteiger partial charge in [-0.05, 0) is 18.2 Å². The molecule has 2 heterocycles. The number of hydrogen-bond donors (Lipinski definition) is 3. The van der Waals surface area contributed by atoms with Crippen LogP contribution < -0.4 is 11.1 Å². The molecule has 0 saturated heterocycles. The number of aromatic amines is 1. The summed E-state index contributed by atoms with van der Waals surface area (Å²) in [5, 5.41) is 12.2. The maximum atomic E-state index is 9.13. The fraction of sp³-hybridized carbons (Fsp3) is 0. The Morgan fingerprint density at radius 3 is 3.00 bits per heavy atom. The Morgan fingerprint density at radius 2 is 2.20 bits per heavy atom. The van der Waals surface area contributed by atoms with Crippen LogP contribution >= 0.6 is 15.9 Å². The quantitative estimate of drug-likeness (QED) is 0.664. The number of aromatic nitrogens is 4. The number of halogens is 1. The van der Waals surface area contributed by atoms with Crippen molar-refractivity contribution in [3.05, 3.63) is 34.6 Å². The predicted octanol–water partition coefficient (Wildman–Crippen LogP) is 2.31. The van der Waals surface area contributed by atoms with Gasteiger partial charge >= 0.3 is 0 Å². The first-order valence-corrected chi connectivity index (χ1v) is 6.40. The average Bonchev–Trinajstić information content (AvgIpc) is 2.87. The largest absolute Gasteiger partial charge is 0.368 e. The Morgan fingerprint density at radius 1 is 1.35 bits per heavy atom. The summed E-state index contributed by atoms with van der Waals surface area (Å²) in [5.41, 5.74) is 7.86. The van der Waals surface area contributed by atoms with Crippen LogP contribution in [0.1, 0.15) is 5.56 Å². The third kappa shape index (κ3) is 2.15. The third-order valence-electron chi connectivity index (χ3n) is 2.66. The van der Waals surface area contributed by atoms with Gasteiger partial charge in [0.05, 0.1) is 17.6 Å². The van der Waals surface area contributed by atoms with Gasteiger partial charge in [-0.15, -0.1) is 0 Å². The topological polar surface area (TPSA) is 116 Å². The fourth-order valence-electron chi connectivity index (χ4n) is 1.79. The summed E-state index contributed by atoms with van der Waals surface area (Å²) < 4.78 is 0.849. The Kier molecular flexibility index (Phi) is 2.96. The van der Waals surface area contributed by atoms with Gasteiger partial charge in [-0.2, -0.15) is 15.2 Å². The highest BCUT2D eigenvalue weighted by molar-refractivity contribution is 9.10. The molecule has 1 aromatic carbocycles. The second-order valence-electron chi connectivity index (χ2n) is 3.96. The monoisotopic (exact) mass is 329 g/mol. The Balaban J connectivity index is 2.12. The number of nitrogens with one attached hydrogen (secondary N) is 2. The van der Waals surface area contributed by atoms with Gasteiger partial charge in [-0.3, -0.25) is 0 Å². The SMILES string of the molecule is N#Cc1ccc(Br)cc1Nc1nc(N)nc2nc[nH]c12. The van der Waals surface area contributed by atoms with E-state index in [1.807, 2.05) is 0 Å². The van der Waals surface area contributed by atoms with E-state index in [4.69, 9.17) is 11.0 Å². The number of imidazole rings is 1. The first kappa shape index (κ1) is 12.4. The zero-order valence-corrected chi connectivity index (χ0v) is 11.6. The number of benzene rings is 1. The molecule has 0 fully saturated rings. The zero-order chi connectivity index (χ0) is 14.1. The molecule has 7 nitrogen and oxygen atoms in total. The average molecular weight is 330 g/mol. The summed E-state index contributed by atoms with van der Waals surface area (Å²) in [7, 11) is 0. The second kappa shape index (κ2) is 4.79. The molecule has 0 aliphatic carbocycles. The van der Waals surface area contributed by atoms with Crippen LogP contribution in [0.5, 0.6) is 0 Å². The number of nitrogen functional groups attached to an aromatic ring is 1. The second-order valence-corrected chi connectivity index (χ2v) is 4.87. The molecule has 0 atom stereocenters. The number of H-pyrrole nitrogens is 1. The lowest BCUT2D eigenvalue weighted by Crippen LogP contribution is -2.02. The minimum absolute atomic E-state index is 0.112. The molecule has 3 aromatic rings. The molecule has 3 rings (SSSR count). The van der Waals surface area contributed by atoms with E-state index in [-0.39, 0.29) is 5.95 Å². The molecule has 20 heavy (non-hydrogen) atoms. The summed E-state index contributed by atoms with van der Waals surface area (Å²) in [4.78, 5) is 15.1. The Bertz CT molecular complexity index is 833. The van der Waals surface area contributed by atoms with Crippen molar-refractivity contribution in [3.8, 4) is 6.07 Å². The van der Waals surface area contributed by atoms with E-state index in [2.05, 4.69) is 47.3 Å². The van der Waals surface area contributed by atoms with Crippen LogP contribution in [0.2, 0.25) is 0 Å². The van der Waals surface area contributed by atoms with Gasteiger partial charge in [0, 0.05) is 4.47 Å². The van der Waals surface area contributed by atoms with Gasteiger partial charge in [-0.1, -0.05) is 15.9 Å². The third-order valence-corrected chi connectivity index (χ3v) is 3.15. The van der Waals surface area contributed by atoms with Crippen LogP contribution in [-0.2, 0) is 0 Å². The minimum Gasteiger partial charge on any atom is -0.368 e. The molecule has 98 valence electrons. The van der Waals surface area contributed by atoms with Crippen molar-refractivity contribution in [2.75, 3.05) is 11.1 Å². The van der Waals surface area contributed by atoms with Gasteiger partial charge in [-0.25, -0.2) is 4.98 Å². The number of nitrogens with zero attached hydrogens (tertiary/aromatic N) is 4. The maximum Gasteiger partial charge on any atom is 0.224 e. The molecule has 0 amide bonds. The molecular formula is C12H8BrN7. The fourth-order valence-corrected chi connectivity index (χ4v) is 2.15. The molecule has 4 N–H and O–H groups in total. The molecule has 0 aliphatic rings. The summed E-state index contributed by atoms with van der Waals surface area (Å²) in [5.74, 6) is 0.584. The number of nitriles is 1. The predicted molar refractivity (Wildman–Crippen MR) is 78.2 cm³/mol. The molecule has 0 spiro atoms. The first-order chi connectivity index (χ1) is 9.67. The van der Waals surface area contributed by atoms with Crippen molar-refractivity contribution < 1.29 is 0 Å². The summed E-state index contributed by atoms with van der Waals surface area (Å²) in [6, 6.07) is 7.41. The van der Waals surface area contributed by atoms with Crippen molar-refractivity contribution in [1.82, 2.24) is 19.9 Å². The van der Waals surface area contributed by atoms with E-state index in [1.165, 1.54) is 6.33 Å². The van der Waals surface area contributed by atoms with Gasteiger partial charge in [0.2, 0.25) is 5.95 Å². The minimum atomic E-state index is 0.112.